The van der Waals surface area contributed by atoms with Crippen LogP contribution in [-0.4, -0.2) is 44.1 Å². The van der Waals surface area contributed by atoms with Crippen LogP contribution in [0, 0.1) is 0 Å². The molecule has 3 aromatic rings. The van der Waals surface area contributed by atoms with E-state index in [2.05, 4.69) is 15.1 Å². The number of hydrogen-bond acceptors (Lipinski definition) is 6. The maximum atomic E-state index is 12.4. The van der Waals surface area contributed by atoms with Gasteiger partial charge in [0, 0.05) is 44.9 Å². The van der Waals surface area contributed by atoms with E-state index in [1.54, 1.807) is 42.7 Å². The number of aryl methyl sites for hydroxylation is 1. The molecule has 0 aliphatic heterocycles. The average Bonchev–Trinajstić information content (AvgIpc) is 3.32. The number of carbonyl (C=O) groups is 1. The molecular weight excluding hydrogens is 338 g/mol. The lowest BCUT2D eigenvalue weighted by Gasteiger charge is -2.15. The molecule has 7 nitrogen and oxygen atoms in total. The molecule has 3 aromatic heterocycles. The van der Waals surface area contributed by atoms with Gasteiger partial charge in [-0.1, -0.05) is 11.8 Å². The van der Waals surface area contributed by atoms with E-state index in [0.29, 0.717) is 23.2 Å². The fraction of sp³-hybridized carbons (Fsp3) is 0.294. The van der Waals surface area contributed by atoms with Gasteiger partial charge in [0.25, 0.3) is 5.91 Å². The molecule has 0 fully saturated rings. The van der Waals surface area contributed by atoms with Crippen LogP contribution in [0.3, 0.4) is 0 Å². The van der Waals surface area contributed by atoms with Gasteiger partial charge in [0.05, 0.1) is 5.75 Å². The van der Waals surface area contributed by atoms with Gasteiger partial charge in [0.2, 0.25) is 0 Å². The van der Waals surface area contributed by atoms with Crippen molar-refractivity contribution in [1.29, 1.82) is 0 Å². The minimum absolute atomic E-state index is 0.118. The summed E-state index contributed by atoms with van der Waals surface area (Å²) in [7, 11) is 1.78. The predicted molar refractivity (Wildman–Crippen MR) is 94.1 cm³/mol. The molecule has 8 heteroatoms. The first-order chi connectivity index (χ1) is 12.2. The Morgan fingerprint density at radius 3 is 2.84 bits per heavy atom. The molecule has 0 atom stereocenters. The number of hydrogen-bond donors (Lipinski definition) is 0. The van der Waals surface area contributed by atoms with Gasteiger partial charge in [-0.2, -0.15) is 5.10 Å². The second-order valence-electron chi connectivity index (χ2n) is 5.44. The lowest BCUT2D eigenvalue weighted by molar-refractivity contribution is 0.0758. The molecule has 0 aliphatic carbocycles. The maximum Gasteiger partial charge on any atom is 0.289 e. The Bertz CT molecular complexity index is 788. The SMILES string of the molecule is CN(CCCn1cccn1)C(=O)c1ccc(CSc2ncccn2)o1. The van der Waals surface area contributed by atoms with Crippen molar-refractivity contribution >= 4 is 17.7 Å². The van der Waals surface area contributed by atoms with Gasteiger partial charge in [-0.3, -0.25) is 9.48 Å². The molecule has 0 radical (unpaired) electrons. The van der Waals surface area contributed by atoms with Gasteiger partial charge < -0.3 is 9.32 Å². The van der Waals surface area contributed by atoms with Gasteiger partial charge in [0.1, 0.15) is 5.76 Å². The van der Waals surface area contributed by atoms with E-state index in [-0.39, 0.29) is 5.91 Å². The molecule has 0 unspecified atom stereocenters. The smallest absolute Gasteiger partial charge is 0.289 e. The van der Waals surface area contributed by atoms with Crippen LogP contribution in [0.4, 0.5) is 0 Å². The van der Waals surface area contributed by atoms with Crippen molar-refractivity contribution in [2.75, 3.05) is 13.6 Å². The van der Waals surface area contributed by atoms with Gasteiger partial charge >= 0.3 is 0 Å². The zero-order valence-corrected chi connectivity index (χ0v) is 14.7. The molecule has 25 heavy (non-hydrogen) atoms. The zero-order valence-electron chi connectivity index (χ0n) is 13.9. The fourth-order valence-corrected chi connectivity index (χ4v) is 2.96. The van der Waals surface area contributed by atoms with Gasteiger partial charge in [0.15, 0.2) is 10.9 Å². The van der Waals surface area contributed by atoms with Crippen molar-refractivity contribution in [2.45, 2.75) is 23.9 Å². The van der Waals surface area contributed by atoms with Crippen LogP contribution in [0.2, 0.25) is 0 Å². The Kier molecular flexibility index (Phi) is 5.84. The van der Waals surface area contributed by atoms with E-state index < -0.39 is 0 Å². The minimum Gasteiger partial charge on any atom is -0.455 e. The Hall–Kier alpha value is -2.61. The summed E-state index contributed by atoms with van der Waals surface area (Å²) >= 11 is 1.47. The van der Waals surface area contributed by atoms with Crippen molar-refractivity contribution in [1.82, 2.24) is 24.6 Å². The monoisotopic (exact) mass is 357 g/mol. The van der Waals surface area contributed by atoms with Crippen LogP contribution in [0.5, 0.6) is 0 Å². The lowest BCUT2D eigenvalue weighted by Crippen LogP contribution is -2.28. The molecule has 0 spiro atoms. The Balaban J connectivity index is 1.47. The molecule has 0 saturated heterocycles. The van der Waals surface area contributed by atoms with Crippen molar-refractivity contribution in [3.63, 3.8) is 0 Å². The highest BCUT2D eigenvalue weighted by molar-refractivity contribution is 7.98. The third kappa shape index (κ3) is 4.93. The molecule has 0 saturated carbocycles. The summed E-state index contributed by atoms with van der Waals surface area (Å²) in [6.45, 7) is 1.42. The molecular formula is C17H19N5O2S. The van der Waals surface area contributed by atoms with Crippen LogP contribution in [0.15, 0.2) is 58.6 Å². The molecule has 0 aliphatic rings. The quantitative estimate of drug-likeness (QED) is 0.456. The number of rotatable bonds is 8. The van der Waals surface area contributed by atoms with Crippen molar-refractivity contribution in [3.8, 4) is 0 Å². The molecule has 0 aromatic carbocycles. The number of furan rings is 1. The Morgan fingerprint density at radius 1 is 1.24 bits per heavy atom. The summed E-state index contributed by atoms with van der Waals surface area (Å²) in [5.41, 5.74) is 0. The van der Waals surface area contributed by atoms with Crippen LogP contribution in [0.1, 0.15) is 22.7 Å². The fourth-order valence-electron chi connectivity index (χ4n) is 2.26. The highest BCUT2D eigenvalue weighted by Gasteiger charge is 2.16. The van der Waals surface area contributed by atoms with E-state index in [4.69, 9.17) is 4.42 Å². The van der Waals surface area contributed by atoms with Crippen LogP contribution < -0.4 is 0 Å². The van der Waals surface area contributed by atoms with Crippen LogP contribution in [0.25, 0.3) is 0 Å². The molecule has 1 amide bonds. The number of carbonyl (C=O) groups excluding carboxylic acids is 1. The van der Waals surface area contributed by atoms with Crippen molar-refractivity contribution in [2.24, 2.45) is 0 Å². The van der Waals surface area contributed by atoms with Gasteiger partial charge in [-0.15, -0.1) is 0 Å². The Morgan fingerprint density at radius 2 is 2.08 bits per heavy atom. The van der Waals surface area contributed by atoms with E-state index in [0.717, 1.165) is 18.7 Å². The van der Waals surface area contributed by atoms with Crippen molar-refractivity contribution < 1.29 is 9.21 Å². The van der Waals surface area contributed by atoms with E-state index >= 15 is 0 Å². The lowest BCUT2D eigenvalue weighted by atomic mass is 10.3. The third-order valence-electron chi connectivity index (χ3n) is 3.54. The maximum absolute atomic E-state index is 12.4. The highest BCUT2D eigenvalue weighted by atomic mass is 32.2. The summed E-state index contributed by atoms with van der Waals surface area (Å²) in [4.78, 5) is 22.4. The standard InChI is InChI=1S/C17H19N5O2S/c1-21(10-4-12-22-11-3-9-20-22)16(23)15-6-5-14(24-15)13-25-17-18-7-2-8-19-17/h2-3,5-9,11H,4,10,12-13H2,1H3. The predicted octanol–water partition coefficient (Wildman–Crippen LogP) is 2.72. The molecule has 130 valence electrons. The van der Waals surface area contributed by atoms with Gasteiger partial charge in [-0.05, 0) is 30.7 Å². The average molecular weight is 357 g/mol. The number of aromatic nitrogens is 4. The topological polar surface area (TPSA) is 77.1 Å². The number of thioether (sulfide) groups is 1. The normalized spacial score (nSPS) is 10.8. The summed E-state index contributed by atoms with van der Waals surface area (Å²) < 4.78 is 7.51. The number of amides is 1. The molecule has 0 bridgehead atoms. The minimum atomic E-state index is -0.118. The van der Waals surface area contributed by atoms with E-state index in [1.165, 1.54) is 11.8 Å². The first-order valence-electron chi connectivity index (χ1n) is 7.94. The molecule has 3 heterocycles. The summed E-state index contributed by atoms with van der Waals surface area (Å²) in [5, 5.41) is 4.83. The first kappa shape index (κ1) is 17.2. The van der Waals surface area contributed by atoms with Crippen LogP contribution >= 0.6 is 11.8 Å². The number of nitrogens with zero attached hydrogens (tertiary/aromatic N) is 5. The summed E-state index contributed by atoms with van der Waals surface area (Å²) in [6, 6.07) is 7.20. The van der Waals surface area contributed by atoms with Gasteiger partial charge in [-0.25, -0.2) is 9.97 Å². The summed E-state index contributed by atoms with van der Waals surface area (Å²) in [5.74, 6) is 1.55. The Labute approximate surface area is 150 Å². The summed E-state index contributed by atoms with van der Waals surface area (Å²) in [6.07, 6.45) is 7.89. The highest BCUT2D eigenvalue weighted by Crippen LogP contribution is 2.20. The largest absolute Gasteiger partial charge is 0.455 e. The third-order valence-corrected chi connectivity index (χ3v) is 4.44. The van der Waals surface area contributed by atoms with E-state index in [1.807, 2.05) is 23.0 Å². The molecule has 3 rings (SSSR count). The second kappa shape index (κ2) is 8.48. The zero-order chi connectivity index (χ0) is 17.5. The van der Waals surface area contributed by atoms with E-state index in [9.17, 15) is 4.79 Å². The first-order valence-corrected chi connectivity index (χ1v) is 8.92. The molecule has 0 N–H and O–H groups in total. The second-order valence-corrected chi connectivity index (χ2v) is 6.38. The van der Waals surface area contributed by atoms with Crippen molar-refractivity contribution in [3.05, 3.63) is 60.6 Å². The van der Waals surface area contributed by atoms with Crippen LogP contribution in [-0.2, 0) is 12.3 Å².